The van der Waals surface area contributed by atoms with Crippen LogP contribution in [0.25, 0.3) is 0 Å². The fourth-order valence-electron chi connectivity index (χ4n) is 5.59. The first kappa shape index (κ1) is 34.5. The zero-order valence-corrected chi connectivity index (χ0v) is 27.8. The van der Waals surface area contributed by atoms with Crippen LogP contribution < -0.4 is 26.4 Å². The van der Waals surface area contributed by atoms with Crippen molar-refractivity contribution in [1.29, 1.82) is 5.41 Å². The highest BCUT2D eigenvalue weighted by Crippen LogP contribution is 2.35. The zero-order chi connectivity index (χ0) is 34.3. The molecule has 2 aromatic rings. The molecule has 2 fully saturated rings. The van der Waals surface area contributed by atoms with E-state index in [0.29, 0.717) is 35.5 Å². The minimum atomic E-state index is -4.99. The number of hydrogen-bond acceptors (Lipinski definition) is 14. The lowest BCUT2D eigenvalue weighted by atomic mass is 9.84. The van der Waals surface area contributed by atoms with Gasteiger partial charge in [-0.15, -0.1) is 15.6 Å². The Balaban J connectivity index is 1.29. The largest absolute Gasteiger partial charge is 0.486 e. The number of nitrogens with two attached hydrogens (primary N) is 1. The summed E-state index contributed by atoms with van der Waals surface area (Å²) in [6, 6.07) is 4.93. The SMILES string of the molecule is CN[C@H]1C[C@@H](NC(=N)c2ccc3c(c2)CC[C@H]([C@@](C)(CO)O/N=C(\C(=O)N[C@@H]2C(=O)N(OS(=O)(=O)O)C2(C)C)c2csc(N)n2)O3)C1. The van der Waals surface area contributed by atoms with Crippen LogP contribution in [0, 0.1) is 5.41 Å². The molecule has 0 bridgehead atoms. The van der Waals surface area contributed by atoms with Crippen LogP contribution in [-0.4, -0.2) is 101 Å². The molecule has 1 aliphatic carbocycles. The van der Waals surface area contributed by atoms with Gasteiger partial charge in [0.25, 0.3) is 11.8 Å². The summed E-state index contributed by atoms with van der Waals surface area (Å²) in [5, 5.41) is 33.9. The second-order valence-electron chi connectivity index (χ2n) is 12.4. The third-order valence-electron chi connectivity index (χ3n) is 8.63. The number of carbonyl (C=O) groups excluding carboxylic acids is 2. The van der Waals surface area contributed by atoms with Crippen LogP contribution in [0.15, 0.2) is 28.7 Å². The summed E-state index contributed by atoms with van der Waals surface area (Å²) < 4.78 is 41.9. The van der Waals surface area contributed by atoms with E-state index >= 15 is 0 Å². The van der Waals surface area contributed by atoms with E-state index < -0.39 is 52.1 Å². The highest BCUT2D eigenvalue weighted by atomic mass is 32.3. The monoisotopic (exact) mass is 694 g/mol. The smallest absolute Gasteiger partial charge is 0.418 e. The highest BCUT2D eigenvalue weighted by Gasteiger charge is 2.58. The number of nitrogen functional groups attached to an aromatic ring is 1. The standard InChI is InChI=1S/C28H38N8O9S2/c1-27(2)22(25(39)36(27)45-47(40,41)42)34-24(38)21(18-12-46-26(30)33-18)35-44-28(3,13-37)20-8-6-14-9-15(5-7-19(14)43-20)23(29)32-17-10-16(11-17)31-4/h5,7,9,12,16-17,20,22,31,37H,6,8,10-11,13H2,1-4H3,(H2,29,32)(H2,30,33)(H,34,38)(H,40,41,42)/b35-21-/t16-,17+,20-,22-,28-/m1/s1. The molecule has 0 radical (unpaired) electrons. The van der Waals surface area contributed by atoms with Crippen molar-refractivity contribution >= 4 is 50.2 Å². The lowest BCUT2D eigenvalue weighted by molar-refractivity contribution is -0.218. The maximum atomic E-state index is 13.4. The average Bonchev–Trinajstić information content (AvgIpc) is 3.44. The Kier molecular flexibility index (Phi) is 9.50. The number of rotatable bonds is 12. The molecule has 3 atom stereocenters. The highest BCUT2D eigenvalue weighted by molar-refractivity contribution is 7.80. The fraction of sp³-hybridized carbons (Fsp3) is 0.536. The number of aromatic nitrogens is 1. The predicted molar refractivity (Wildman–Crippen MR) is 170 cm³/mol. The number of oxime groups is 1. The second kappa shape index (κ2) is 13.0. The van der Waals surface area contributed by atoms with Crippen molar-refractivity contribution in [2.45, 2.75) is 81.8 Å². The molecule has 1 saturated carbocycles. The lowest BCUT2D eigenvalue weighted by Gasteiger charge is -2.50. The number of thiazole rings is 1. The van der Waals surface area contributed by atoms with E-state index in [1.165, 1.54) is 19.2 Å². The number of ether oxygens (including phenoxy) is 1. The van der Waals surface area contributed by atoms with Gasteiger partial charge in [0.15, 0.2) is 16.4 Å². The third kappa shape index (κ3) is 7.19. The summed E-state index contributed by atoms with van der Waals surface area (Å²) in [4.78, 5) is 36.0. The molecule has 47 heavy (non-hydrogen) atoms. The molecule has 19 heteroatoms. The van der Waals surface area contributed by atoms with E-state index in [1.807, 2.05) is 13.1 Å². The van der Waals surface area contributed by atoms with E-state index in [4.69, 9.17) is 25.3 Å². The van der Waals surface area contributed by atoms with Gasteiger partial charge in [0.2, 0.25) is 0 Å². The van der Waals surface area contributed by atoms with Crippen molar-refractivity contribution in [3.8, 4) is 5.75 Å². The molecule has 0 spiro atoms. The Morgan fingerprint density at radius 2 is 2.04 bits per heavy atom. The van der Waals surface area contributed by atoms with Crippen LogP contribution in [0.2, 0.25) is 0 Å². The predicted octanol–water partition coefficient (Wildman–Crippen LogP) is 0.0962. The Morgan fingerprint density at radius 3 is 2.64 bits per heavy atom. The van der Waals surface area contributed by atoms with Gasteiger partial charge in [-0.3, -0.25) is 19.6 Å². The first-order valence-electron chi connectivity index (χ1n) is 14.8. The van der Waals surface area contributed by atoms with Crippen LogP contribution in [0.5, 0.6) is 5.75 Å². The van der Waals surface area contributed by atoms with Crippen LogP contribution in [-0.2, 0) is 35.5 Å². The quantitative estimate of drug-likeness (QED) is 0.0512. The van der Waals surface area contributed by atoms with E-state index in [9.17, 15) is 23.1 Å². The van der Waals surface area contributed by atoms with E-state index in [-0.39, 0.29) is 22.6 Å². The van der Waals surface area contributed by atoms with Crippen molar-refractivity contribution < 1.29 is 41.5 Å². The molecule has 1 aromatic heterocycles. The maximum absolute atomic E-state index is 13.4. The molecular formula is C28H38N8O9S2. The van der Waals surface area contributed by atoms with Gasteiger partial charge < -0.3 is 36.4 Å². The number of aliphatic hydroxyl groups excluding tert-OH is 1. The van der Waals surface area contributed by atoms with Crippen molar-refractivity contribution in [2.24, 2.45) is 5.16 Å². The number of fused-ring (bicyclic) bond motifs is 1. The molecule has 3 aliphatic rings. The van der Waals surface area contributed by atoms with Crippen molar-refractivity contribution in [2.75, 3.05) is 19.4 Å². The van der Waals surface area contributed by atoms with E-state index in [2.05, 4.69) is 30.4 Å². The lowest BCUT2D eigenvalue weighted by Crippen LogP contribution is -2.76. The van der Waals surface area contributed by atoms with E-state index in [0.717, 1.165) is 35.3 Å². The topological polar surface area (TPSA) is 251 Å². The minimum absolute atomic E-state index is 0.0304. The summed E-state index contributed by atoms with van der Waals surface area (Å²) in [6.07, 6.45) is 2.21. The van der Waals surface area contributed by atoms with Gasteiger partial charge in [0.05, 0.1) is 12.1 Å². The molecule has 0 unspecified atom stereocenters. The van der Waals surface area contributed by atoms with Gasteiger partial charge in [0.1, 0.15) is 29.4 Å². The number of nitrogens with zero attached hydrogens (tertiary/aromatic N) is 3. The molecule has 2 amide bonds. The molecule has 17 nitrogen and oxygen atoms in total. The van der Waals surface area contributed by atoms with Crippen LogP contribution in [0.4, 0.5) is 5.13 Å². The average molecular weight is 695 g/mol. The Morgan fingerprint density at radius 1 is 1.32 bits per heavy atom. The Labute approximate surface area is 275 Å². The summed E-state index contributed by atoms with van der Waals surface area (Å²) >= 11 is 1.03. The van der Waals surface area contributed by atoms with Gasteiger partial charge in [-0.1, -0.05) is 5.16 Å². The van der Waals surface area contributed by atoms with E-state index in [1.54, 1.807) is 19.1 Å². The number of carbonyl (C=O) groups is 2. The number of hydroxylamine groups is 2. The van der Waals surface area contributed by atoms with Gasteiger partial charge in [-0.2, -0.15) is 13.5 Å². The number of aryl methyl sites for hydroxylation is 1. The van der Waals surface area contributed by atoms with Crippen LogP contribution >= 0.6 is 11.3 Å². The summed E-state index contributed by atoms with van der Waals surface area (Å²) in [5.74, 6) is -0.938. The number of hydrogen-bond donors (Lipinski definition) is 7. The fourth-order valence-corrected chi connectivity index (χ4v) is 6.59. The second-order valence-corrected chi connectivity index (χ2v) is 14.3. The number of amidine groups is 1. The van der Waals surface area contributed by atoms with Gasteiger partial charge >= 0.3 is 10.4 Å². The molecule has 5 rings (SSSR count). The molecule has 1 aromatic carbocycles. The van der Waals surface area contributed by atoms with Crippen molar-refractivity contribution in [3.63, 3.8) is 0 Å². The summed E-state index contributed by atoms with van der Waals surface area (Å²) in [7, 11) is -3.06. The van der Waals surface area contributed by atoms with Crippen molar-refractivity contribution in [1.82, 2.24) is 26.0 Å². The summed E-state index contributed by atoms with van der Waals surface area (Å²) in [6.45, 7) is 3.86. The van der Waals surface area contributed by atoms with Crippen LogP contribution in [0.3, 0.4) is 0 Å². The maximum Gasteiger partial charge on any atom is 0.418 e. The number of anilines is 1. The first-order chi connectivity index (χ1) is 22.0. The van der Waals surface area contributed by atoms with Gasteiger partial charge in [0, 0.05) is 23.0 Å². The Hall–Kier alpha value is -3.88. The molecule has 1 saturated heterocycles. The van der Waals surface area contributed by atoms with Gasteiger partial charge in [-0.25, -0.2) is 4.98 Å². The number of benzene rings is 1. The minimum Gasteiger partial charge on any atom is -0.486 e. The third-order valence-corrected chi connectivity index (χ3v) is 9.64. The molecule has 256 valence electrons. The summed E-state index contributed by atoms with van der Waals surface area (Å²) in [5.41, 5.74) is 4.28. The van der Waals surface area contributed by atoms with Crippen LogP contribution in [0.1, 0.15) is 56.9 Å². The molecule has 8 N–H and O–H groups in total. The normalized spacial score (nSPS) is 24.9. The number of aliphatic hydroxyl groups is 1. The zero-order valence-electron chi connectivity index (χ0n) is 26.1. The first-order valence-corrected chi connectivity index (χ1v) is 17.0. The molecular weight excluding hydrogens is 656 g/mol. The van der Waals surface area contributed by atoms with Gasteiger partial charge in [-0.05, 0) is 77.3 Å². The number of β-lactam (4-membered cyclic amide) rings is 1. The number of nitrogens with one attached hydrogen (secondary N) is 4. The molecule has 2 aliphatic heterocycles. The van der Waals surface area contributed by atoms with Crippen molar-refractivity contribution in [3.05, 3.63) is 40.4 Å². The Bertz CT molecular complexity index is 1690. The molecule has 3 heterocycles. The number of amides is 2.